The number of fused-ring (bicyclic) bond motifs is 1. The van der Waals surface area contributed by atoms with Gasteiger partial charge in [0.2, 0.25) is 0 Å². The molecule has 1 saturated heterocycles. The van der Waals surface area contributed by atoms with Crippen LogP contribution in [0.4, 0.5) is 19.7 Å². The molecule has 1 atom stereocenters. The first-order chi connectivity index (χ1) is 23.8. The maximum Gasteiger partial charge on any atom is 0.419 e. The molecular formula is C37H51FN4O8S. The van der Waals surface area contributed by atoms with Crippen LogP contribution in [0.3, 0.4) is 0 Å². The minimum atomic E-state index is -4.29. The quantitative estimate of drug-likeness (QED) is 0.278. The Morgan fingerprint density at radius 1 is 1.04 bits per heavy atom. The Bertz CT molecular complexity index is 1690. The van der Waals surface area contributed by atoms with Crippen molar-refractivity contribution in [3.63, 3.8) is 0 Å². The molecule has 280 valence electrons. The third-order valence-corrected chi connectivity index (χ3v) is 10.9. The molecule has 2 aliphatic carbocycles. The second-order valence-corrected chi connectivity index (χ2v) is 17.4. The highest BCUT2D eigenvalue weighted by atomic mass is 32.2. The molecule has 1 saturated carbocycles. The standard InChI is InChI=1S/C37H51FN4O8S/c1-35(2,3)49-33(44)41(34(45)50-36(4,5)6)20-18-37(15-10-16-37)17-19-39-27-14-13-26-21-29(48-24-25-11-8-7-9-12-25)32(31(38)28(26)22-27)42-23-30(43)40-51(42,46)47/h7-9,11-12,21,27,39H,10,13-20,22-24H2,1-6H3,(H,40,43)/t27-/m1/s1. The zero-order chi connectivity index (χ0) is 37.2. The van der Waals surface area contributed by atoms with E-state index in [2.05, 4.69) is 5.32 Å². The summed E-state index contributed by atoms with van der Waals surface area (Å²) in [7, 11) is -4.29. The number of amides is 3. The number of ether oxygens (including phenoxy) is 3. The van der Waals surface area contributed by atoms with Gasteiger partial charge in [0, 0.05) is 12.6 Å². The van der Waals surface area contributed by atoms with Gasteiger partial charge in [0.05, 0.1) is 0 Å². The van der Waals surface area contributed by atoms with Crippen molar-refractivity contribution in [3.05, 3.63) is 58.9 Å². The summed E-state index contributed by atoms with van der Waals surface area (Å²) in [4.78, 5) is 39.3. The summed E-state index contributed by atoms with van der Waals surface area (Å²) in [6.45, 7) is 10.9. The fourth-order valence-electron chi connectivity index (χ4n) is 6.81. The van der Waals surface area contributed by atoms with Gasteiger partial charge < -0.3 is 19.5 Å². The van der Waals surface area contributed by atoms with Crippen LogP contribution in [0.5, 0.6) is 5.75 Å². The van der Waals surface area contributed by atoms with E-state index in [0.29, 0.717) is 31.4 Å². The molecule has 51 heavy (non-hydrogen) atoms. The third kappa shape index (κ3) is 9.70. The first-order valence-corrected chi connectivity index (χ1v) is 19.1. The summed E-state index contributed by atoms with van der Waals surface area (Å²) >= 11 is 0. The van der Waals surface area contributed by atoms with Gasteiger partial charge in [-0.3, -0.25) is 4.79 Å². The van der Waals surface area contributed by atoms with Gasteiger partial charge in [-0.25, -0.2) is 27.9 Å². The number of imide groups is 1. The number of aryl methyl sites for hydroxylation is 1. The molecule has 2 aromatic carbocycles. The summed E-state index contributed by atoms with van der Waals surface area (Å²) in [5, 5.41) is 3.59. The summed E-state index contributed by atoms with van der Waals surface area (Å²) in [6.07, 6.45) is 4.53. The summed E-state index contributed by atoms with van der Waals surface area (Å²) in [5.74, 6) is -1.38. The second-order valence-electron chi connectivity index (χ2n) is 15.8. The van der Waals surface area contributed by atoms with Gasteiger partial charge in [-0.1, -0.05) is 36.8 Å². The largest absolute Gasteiger partial charge is 0.487 e. The van der Waals surface area contributed by atoms with Crippen molar-refractivity contribution < 1.29 is 41.4 Å². The molecule has 0 bridgehead atoms. The number of carbonyl (C=O) groups excluding carboxylic acids is 3. The lowest BCUT2D eigenvalue weighted by atomic mass is 9.64. The molecule has 0 unspecified atom stereocenters. The van der Waals surface area contributed by atoms with Gasteiger partial charge in [0.15, 0.2) is 5.82 Å². The lowest BCUT2D eigenvalue weighted by Crippen LogP contribution is -2.46. The van der Waals surface area contributed by atoms with Crippen LogP contribution in [-0.4, -0.2) is 68.3 Å². The third-order valence-electron chi connectivity index (χ3n) is 9.51. The summed E-state index contributed by atoms with van der Waals surface area (Å²) in [6, 6.07) is 10.9. The topological polar surface area (TPSA) is 144 Å². The van der Waals surface area contributed by atoms with Crippen LogP contribution in [0, 0.1) is 11.2 Å². The molecule has 0 spiro atoms. The molecule has 5 rings (SSSR count). The molecule has 2 N–H and O–H groups in total. The van der Waals surface area contributed by atoms with Crippen LogP contribution >= 0.6 is 0 Å². The molecule has 3 aliphatic rings. The Morgan fingerprint density at radius 3 is 2.24 bits per heavy atom. The van der Waals surface area contributed by atoms with Crippen molar-refractivity contribution >= 4 is 34.0 Å². The average molecular weight is 731 g/mol. The highest BCUT2D eigenvalue weighted by Gasteiger charge is 2.41. The van der Waals surface area contributed by atoms with E-state index in [0.717, 1.165) is 52.4 Å². The summed E-state index contributed by atoms with van der Waals surface area (Å²) in [5.41, 5.74) is 0.0822. The smallest absolute Gasteiger partial charge is 0.419 e. The van der Waals surface area contributed by atoms with E-state index in [1.165, 1.54) is 0 Å². The maximum atomic E-state index is 16.5. The van der Waals surface area contributed by atoms with Crippen LogP contribution in [-0.2, 0) is 43.9 Å². The molecule has 1 heterocycles. The first-order valence-electron chi connectivity index (χ1n) is 17.7. The van der Waals surface area contributed by atoms with Gasteiger partial charge in [0.25, 0.3) is 5.91 Å². The molecule has 0 radical (unpaired) electrons. The van der Waals surface area contributed by atoms with Crippen LogP contribution < -0.4 is 19.1 Å². The number of carbonyl (C=O) groups is 3. The number of hydrogen-bond acceptors (Lipinski definition) is 9. The lowest BCUT2D eigenvalue weighted by molar-refractivity contribution is -0.117. The number of nitrogens with zero attached hydrogens (tertiary/aromatic N) is 2. The van der Waals surface area contributed by atoms with Crippen LogP contribution in [0.1, 0.15) is 96.8 Å². The van der Waals surface area contributed by atoms with Gasteiger partial charge in [-0.2, -0.15) is 8.42 Å². The minimum absolute atomic E-state index is 0.0666. The zero-order valence-corrected chi connectivity index (χ0v) is 31.3. The molecule has 2 aromatic rings. The fraction of sp³-hybridized carbons (Fsp3) is 0.595. The van der Waals surface area contributed by atoms with Crippen molar-refractivity contribution in [1.29, 1.82) is 0 Å². The Hall–Kier alpha value is -3.91. The monoisotopic (exact) mass is 730 g/mol. The van der Waals surface area contributed by atoms with E-state index in [9.17, 15) is 22.8 Å². The highest BCUT2D eigenvalue weighted by molar-refractivity contribution is 7.92. The number of rotatable bonds is 11. The minimum Gasteiger partial charge on any atom is -0.487 e. The molecule has 2 fully saturated rings. The van der Waals surface area contributed by atoms with Crippen molar-refractivity contribution in [1.82, 2.24) is 14.9 Å². The lowest BCUT2D eigenvalue weighted by Gasteiger charge is -2.43. The van der Waals surface area contributed by atoms with Gasteiger partial charge >= 0.3 is 22.4 Å². The molecule has 14 heteroatoms. The molecular weight excluding hydrogens is 679 g/mol. The molecule has 3 amide bonds. The predicted octanol–water partition coefficient (Wildman–Crippen LogP) is 6.16. The van der Waals surface area contributed by atoms with Crippen molar-refractivity contribution in [2.24, 2.45) is 5.41 Å². The number of hydrogen-bond donors (Lipinski definition) is 2. The fourth-order valence-corrected chi connectivity index (χ4v) is 7.97. The van der Waals surface area contributed by atoms with Crippen molar-refractivity contribution in [2.45, 2.75) is 117 Å². The van der Waals surface area contributed by atoms with Gasteiger partial charge in [-0.05, 0) is 121 Å². The number of anilines is 1. The van der Waals surface area contributed by atoms with E-state index in [4.69, 9.17) is 14.2 Å². The molecule has 12 nitrogen and oxygen atoms in total. The average Bonchev–Trinajstić information content (AvgIpc) is 3.28. The van der Waals surface area contributed by atoms with Crippen LogP contribution in [0.2, 0.25) is 0 Å². The van der Waals surface area contributed by atoms with Crippen LogP contribution in [0.15, 0.2) is 36.4 Å². The SMILES string of the molecule is CC(C)(C)OC(=O)N(CCC1(CCN[C@@H]2CCc3cc(OCc4ccccc4)c(N4CC(=O)NS4(=O)=O)c(F)c3C2)CCC1)C(=O)OC(C)(C)C. The van der Waals surface area contributed by atoms with E-state index in [1.54, 1.807) is 47.6 Å². The Kier molecular flexibility index (Phi) is 11.3. The molecule has 0 aromatic heterocycles. The maximum absolute atomic E-state index is 16.5. The van der Waals surface area contributed by atoms with Gasteiger partial charge in [-0.15, -0.1) is 0 Å². The number of halogens is 1. The Morgan fingerprint density at radius 2 is 1.69 bits per heavy atom. The number of nitrogens with one attached hydrogen (secondary N) is 2. The van der Waals surface area contributed by atoms with Crippen molar-refractivity contribution in [2.75, 3.05) is 23.9 Å². The first kappa shape index (κ1) is 38.3. The molecule has 1 aliphatic heterocycles. The summed E-state index contributed by atoms with van der Waals surface area (Å²) < 4.78 is 61.9. The Balaban J connectivity index is 1.26. The zero-order valence-electron chi connectivity index (χ0n) is 30.5. The van der Waals surface area contributed by atoms with Gasteiger partial charge in [0.1, 0.15) is 35.8 Å². The normalized spacial score (nSPS) is 19.4. The predicted molar refractivity (Wildman–Crippen MR) is 190 cm³/mol. The van der Waals surface area contributed by atoms with E-state index in [1.807, 2.05) is 35.1 Å². The van der Waals surface area contributed by atoms with E-state index >= 15 is 4.39 Å². The Labute approximate surface area is 300 Å². The number of benzene rings is 2. The van der Waals surface area contributed by atoms with E-state index < -0.39 is 51.9 Å². The second kappa shape index (κ2) is 15.0. The highest BCUT2D eigenvalue weighted by Crippen LogP contribution is 2.47. The van der Waals surface area contributed by atoms with Crippen LogP contribution in [0.25, 0.3) is 0 Å². The van der Waals surface area contributed by atoms with Crippen molar-refractivity contribution in [3.8, 4) is 5.75 Å². The van der Waals surface area contributed by atoms with E-state index in [-0.39, 0.29) is 36.0 Å².